The van der Waals surface area contributed by atoms with E-state index in [1.54, 1.807) is 24.3 Å². The van der Waals surface area contributed by atoms with Crippen LogP contribution < -0.4 is 16.2 Å². The summed E-state index contributed by atoms with van der Waals surface area (Å²) in [6.45, 7) is 0. The molecule has 3 aromatic carbocycles. The first-order chi connectivity index (χ1) is 18.4. The molecule has 4 aromatic rings. The molecule has 0 spiro atoms. The molecule has 0 aliphatic rings. The van der Waals surface area contributed by atoms with E-state index in [0.29, 0.717) is 11.1 Å². The summed E-state index contributed by atoms with van der Waals surface area (Å²) in [5.74, 6) is -4.07. The lowest BCUT2D eigenvalue weighted by Gasteiger charge is -2.24. The highest BCUT2D eigenvalue weighted by molar-refractivity contribution is 5.73. The molecule has 39 heavy (non-hydrogen) atoms. The molecule has 0 amide bonds. The van der Waals surface area contributed by atoms with Crippen LogP contribution in [0.3, 0.4) is 0 Å². The molecular weight excluding hydrogens is 523 g/mol. The number of aliphatic carboxylic acids is 1. The highest BCUT2D eigenvalue weighted by Crippen LogP contribution is 2.42. The maximum absolute atomic E-state index is 14.9. The van der Waals surface area contributed by atoms with Crippen LogP contribution in [0.25, 0.3) is 22.4 Å². The fourth-order valence-corrected chi connectivity index (χ4v) is 3.93. The summed E-state index contributed by atoms with van der Waals surface area (Å²) >= 11 is 0. The minimum Gasteiger partial charge on any atom is -0.480 e. The Hall–Kier alpha value is -4.58. The molecular formula is C27H21F5N4O3. The van der Waals surface area contributed by atoms with E-state index in [9.17, 15) is 26.7 Å². The molecule has 1 unspecified atom stereocenters. The monoisotopic (exact) mass is 544 g/mol. The predicted octanol–water partition coefficient (Wildman–Crippen LogP) is 5.31. The van der Waals surface area contributed by atoms with Crippen LogP contribution in [0.2, 0.25) is 0 Å². The van der Waals surface area contributed by atoms with Gasteiger partial charge in [-0.1, -0.05) is 48.5 Å². The zero-order valence-electron chi connectivity index (χ0n) is 20.0. The van der Waals surface area contributed by atoms with Crippen molar-refractivity contribution in [3.8, 4) is 28.3 Å². The van der Waals surface area contributed by atoms with Gasteiger partial charge >= 0.3 is 12.1 Å². The van der Waals surface area contributed by atoms with Gasteiger partial charge in [-0.05, 0) is 41.3 Å². The smallest absolute Gasteiger partial charge is 0.429 e. The van der Waals surface area contributed by atoms with Crippen LogP contribution in [0.5, 0.6) is 5.88 Å². The van der Waals surface area contributed by atoms with Crippen LogP contribution in [0.1, 0.15) is 17.2 Å². The number of carboxylic acids is 1. The van der Waals surface area contributed by atoms with Gasteiger partial charge in [-0.15, -0.1) is 0 Å². The van der Waals surface area contributed by atoms with Crippen molar-refractivity contribution in [3.05, 3.63) is 95.6 Å². The third-order valence-electron chi connectivity index (χ3n) is 5.73. The van der Waals surface area contributed by atoms with Crippen LogP contribution in [0.4, 0.5) is 27.9 Å². The van der Waals surface area contributed by atoms with Crippen molar-refractivity contribution in [2.75, 3.05) is 5.73 Å². The van der Waals surface area contributed by atoms with Crippen molar-refractivity contribution in [1.82, 2.24) is 9.97 Å². The highest BCUT2D eigenvalue weighted by atomic mass is 19.4. The zero-order valence-corrected chi connectivity index (χ0v) is 20.0. The molecule has 7 nitrogen and oxygen atoms in total. The third-order valence-corrected chi connectivity index (χ3v) is 5.73. The Kier molecular flexibility index (Phi) is 7.77. The van der Waals surface area contributed by atoms with Gasteiger partial charge in [0.05, 0.1) is 5.69 Å². The Labute approximate surface area is 218 Å². The second-order valence-electron chi connectivity index (χ2n) is 8.55. The number of carbonyl (C=O) groups is 1. The summed E-state index contributed by atoms with van der Waals surface area (Å²) in [5, 5.41) is 8.97. The maximum atomic E-state index is 14.9. The van der Waals surface area contributed by atoms with Crippen molar-refractivity contribution in [1.29, 1.82) is 0 Å². The molecule has 202 valence electrons. The molecule has 0 aliphatic carbocycles. The van der Waals surface area contributed by atoms with Gasteiger partial charge in [0.25, 0.3) is 0 Å². The number of carboxylic acid groups (broad SMARTS) is 1. The molecule has 0 saturated heterocycles. The molecule has 12 heteroatoms. The first kappa shape index (κ1) is 27.5. The Morgan fingerprint density at radius 2 is 1.64 bits per heavy atom. The number of hydrogen-bond donors (Lipinski definition) is 3. The lowest BCUT2D eigenvalue weighted by Crippen LogP contribution is -2.32. The van der Waals surface area contributed by atoms with E-state index >= 15 is 0 Å². The van der Waals surface area contributed by atoms with Crippen LogP contribution in [-0.4, -0.2) is 33.3 Å². The van der Waals surface area contributed by atoms with Crippen molar-refractivity contribution in [2.24, 2.45) is 5.73 Å². The lowest BCUT2D eigenvalue weighted by atomic mass is 9.95. The van der Waals surface area contributed by atoms with E-state index in [2.05, 4.69) is 9.97 Å². The topological polar surface area (TPSA) is 124 Å². The Balaban J connectivity index is 1.71. The van der Waals surface area contributed by atoms with E-state index in [-0.39, 0.29) is 23.2 Å². The van der Waals surface area contributed by atoms with Crippen LogP contribution in [0, 0.1) is 11.6 Å². The number of aromatic nitrogens is 2. The Bertz CT molecular complexity index is 1500. The molecule has 0 radical (unpaired) electrons. The Morgan fingerprint density at radius 1 is 0.949 bits per heavy atom. The first-order valence-corrected chi connectivity index (χ1v) is 11.4. The largest absolute Gasteiger partial charge is 0.480 e. The molecule has 0 saturated carbocycles. The van der Waals surface area contributed by atoms with E-state index in [1.807, 2.05) is 0 Å². The second-order valence-corrected chi connectivity index (χ2v) is 8.55. The molecule has 5 N–H and O–H groups in total. The average Bonchev–Trinajstić information content (AvgIpc) is 2.87. The van der Waals surface area contributed by atoms with Crippen molar-refractivity contribution < 1.29 is 36.6 Å². The van der Waals surface area contributed by atoms with Crippen molar-refractivity contribution >= 4 is 11.9 Å². The lowest BCUT2D eigenvalue weighted by molar-refractivity contribution is -0.199. The molecule has 2 atom stereocenters. The fourth-order valence-electron chi connectivity index (χ4n) is 3.93. The number of halogens is 5. The van der Waals surface area contributed by atoms with E-state index < -0.39 is 53.3 Å². The van der Waals surface area contributed by atoms with E-state index in [0.717, 1.165) is 24.3 Å². The third kappa shape index (κ3) is 6.47. The molecule has 0 fully saturated rings. The summed E-state index contributed by atoms with van der Waals surface area (Å²) < 4.78 is 76.8. The zero-order chi connectivity index (χ0) is 28.3. The van der Waals surface area contributed by atoms with Gasteiger partial charge in [0.2, 0.25) is 17.9 Å². The minimum absolute atomic E-state index is 0.0212. The van der Waals surface area contributed by atoms with Gasteiger partial charge in [0.1, 0.15) is 17.7 Å². The minimum atomic E-state index is -5.10. The van der Waals surface area contributed by atoms with Gasteiger partial charge in [-0.2, -0.15) is 18.2 Å². The van der Waals surface area contributed by atoms with Gasteiger partial charge in [0.15, 0.2) is 0 Å². The SMILES string of the molecule is Nc1nc(OC(c2c(F)cccc2-c2cccc(F)c2)C(F)(F)F)cc(-c2ccc(C[C@H](N)C(=O)O)cc2)n1. The summed E-state index contributed by atoms with van der Waals surface area (Å²) in [6.07, 6.45) is -7.87. The highest BCUT2D eigenvalue weighted by Gasteiger charge is 2.46. The predicted molar refractivity (Wildman–Crippen MR) is 132 cm³/mol. The average molecular weight is 544 g/mol. The van der Waals surface area contributed by atoms with Crippen molar-refractivity contribution in [3.63, 3.8) is 0 Å². The quantitative estimate of drug-likeness (QED) is 0.257. The summed E-state index contributed by atoms with van der Waals surface area (Å²) in [7, 11) is 0. The van der Waals surface area contributed by atoms with Gasteiger partial charge in [-0.3, -0.25) is 4.79 Å². The summed E-state index contributed by atoms with van der Waals surface area (Å²) in [6, 6.07) is 14.3. The molecule has 1 aromatic heterocycles. The first-order valence-electron chi connectivity index (χ1n) is 11.4. The van der Waals surface area contributed by atoms with E-state index in [4.69, 9.17) is 21.3 Å². The van der Waals surface area contributed by atoms with Crippen LogP contribution in [-0.2, 0) is 11.2 Å². The van der Waals surface area contributed by atoms with Gasteiger partial charge in [0, 0.05) is 17.2 Å². The Morgan fingerprint density at radius 3 is 2.28 bits per heavy atom. The number of alkyl halides is 3. The molecule has 1 heterocycles. The number of rotatable bonds is 8. The summed E-state index contributed by atoms with van der Waals surface area (Å²) in [5.41, 5.74) is 11.4. The standard InChI is InChI=1S/C27H21F5N4O3/c28-17-4-1-3-16(12-17)18-5-2-6-19(29)23(18)24(27(30,31)32)39-22-13-21(35-26(34)36-22)15-9-7-14(8-10-15)11-20(33)25(37)38/h1-10,12-13,20,24H,11,33H2,(H,37,38)(H2,34,35,36)/t20-,24?/m0/s1. The fraction of sp³-hybridized carbons (Fsp3) is 0.148. The van der Waals surface area contributed by atoms with Gasteiger partial charge in [-0.25, -0.2) is 13.8 Å². The van der Waals surface area contributed by atoms with Crippen LogP contribution in [0.15, 0.2) is 72.8 Å². The van der Waals surface area contributed by atoms with E-state index in [1.165, 1.54) is 24.3 Å². The number of benzene rings is 3. The normalized spacial score (nSPS) is 13.1. The summed E-state index contributed by atoms with van der Waals surface area (Å²) in [4.78, 5) is 18.7. The molecule has 0 bridgehead atoms. The molecule has 0 aliphatic heterocycles. The molecule has 4 rings (SSSR count). The number of anilines is 1. The maximum Gasteiger partial charge on any atom is 0.429 e. The second kappa shape index (κ2) is 11.0. The number of ether oxygens (including phenoxy) is 1. The number of hydrogen-bond acceptors (Lipinski definition) is 6. The number of nitrogens with zero attached hydrogens (tertiary/aromatic N) is 2. The van der Waals surface area contributed by atoms with Crippen LogP contribution >= 0.6 is 0 Å². The van der Waals surface area contributed by atoms with Gasteiger partial charge < -0.3 is 21.3 Å². The number of nitrogen functional groups attached to an aromatic ring is 1. The number of nitrogens with two attached hydrogens (primary N) is 2. The van der Waals surface area contributed by atoms with Crippen molar-refractivity contribution in [2.45, 2.75) is 24.7 Å².